The zero-order chi connectivity index (χ0) is 18.9. The van der Waals surface area contributed by atoms with Crippen molar-refractivity contribution in [3.05, 3.63) is 48.7 Å². The van der Waals surface area contributed by atoms with Crippen molar-refractivity contribution in [3.8, 4) is 0 Å². The van der Waals surface area contributed by atoms with E-state index in [1.54, 1.807) is 36.7 Å². The fourth-order valence-corrected chi connectivity index (χ4v) is 2.93. The normalized spacial score (nSPS) is 10.6. The largest absolute Gasteiger partial charge is 0.360 e. The summed E-state index contributed by atoms with van der Waals surface area (Å²) in [4.78, 5) is 26.8. The van der Waals surface area contributed by atoms with E-state index < -0.39 is 0 Å². The van der Waals surface area contributed by atoms with Crippen molar-refractivity contribution in [2.75, 3.05) is 36.5 Å². The molecule has 0 aliphatic carbocycles. The monoisotopic (exact) mass is 374 g/mol. The Morgan fingerprint density at radius 3 is 2.62 bits per heavy atom. The second kappa shape index (κ2) is 9.79. The van der Waals surface area contributed by atoms with Gasteiger partial charge >= 0.3 is 0 Å². The molecule has 138 valence electrons. The molecule has 0 saturated heterocycles. The number of aromatic nitrogens is 1. The van der Waals surface area contributed by atoms with Crippen LogP contribution in [0, 0.1) is 6.92 Å². The Labute approximate surface area is 156 Å². The molecule has 7 nitrogen and oxygen atoms in total. The lowest BCUT2D eigenvalue weighted by molar-refractivity contribution is -0.119. The number of carbonyl (C=O) groups excluding carboxylic acids is 2. The summed E-state index contributed by atoms with van der Waals surface area (Å²) in [6.07, 6.45) is 1.81. The highest BCUT2D eigenvalue weighted by molar-refractivity contribution is 7.99. The molecular formula is C18H22N4O3S. The average Bonchev–Trinajstić information content (AvgIpc) is 2.98. The van der Waals surface area contributed by atoms with Crippen LogP contribution >= 0.6 is 11.8 Å². The third-order valence-electron chi connectivity index (χ3n) is 3.24. The van der Waals surface area contributed by atoms with Gasteiger partial charge in [0.05, 0.1) is 18.8 Å². The molecule has 0 spiro atoms. The van der Waals surface area contributed by atoms with Gasteiger partial charge in [-0.15, -0.1) is 18.3 Å². The molecule has 26 heavy (non-hydrogen) atoms. The van der Waals surface area contributed by atoms with Crippen molar-refractivity contribution < 1.29 is 14.1 Å². The molecule has 1 heterocycles. The number of hydrogen-bond donors (Lipinski definition) is 2. The molecule has 8 heteroatoms. The van der Waals surface area contributed by atoms with E-state index in [1.165, 1.54) is 0 Å². The Kier molecular flexibility index (Phi) is 7.43. The summed E-state index contributed by atoms with van der Waals surface area (Å²) < 4.78 is 4.89. The Bertz CT molecular complexity index is 775. The topological polar surface area (TPSA) is 87.5 Å². The zero-order valence-corrected chi connectivity index (χ0v) is 15.6. The van der Waals surface area contributed by atoms with Gasteiger partial charge in [0.15, 0.2) is 5.82 Å². The van der Waals surface area contributed by atoms with Crippen LogP contribution in [0.3, 0.4) is 0 Å². The third kappa shape index (κ3) is 6.38. The van der Waals surface area contributed by atoms with Crippen LogP contribution in [-0.4, -0.2) is 47.8 Å². The van der Waals surface area contributed by atoms with Gasteiger partial charge in [0.1, 0.15) is 5.76 Å². The predicted molar refractivity (Wildman–Crippen MR) is 103 cm³/mol. The standard InChI is InChI=1S/C18H22N4O3S/c1-4-9-26-15-8-6-5-7-14(15)19-17(23)11-22(3)12-18(24)20-16-10-13(2)25-21-16/h4-8,10H,1,9,11-12H2,2-3H3,(H,19,23)(H,20,21,24). The number of amides is 2. The van der Waals surface area contributed by atoms with Crippen molar-refractivity contribution in [2.24, 2.45) is 0 Å². The lowest BCUT2D eigenvalue weighted by Crippen LogP contribution is -2.36. The molecule has 0 fully saturated rings. The molecule has 0 aliphatic heterocycles. The van der Waals surface area contributed by atoms with Crippen LogP contribution in [0.15, 0.2) is 52.4 Å². The molecule has 0 aliphatic rings. The molecule has 1 aromatic carbocycles. The second-order valence-electron chi connectivity index (χ2n) is 5.69. The van der Waals surface area contributed by atoms with Crippen molar-refractivity contribution in [1.29, 1.82) is 0 Å². The Hall–Kier alpha value is -2.58. The molecule has 2 rings (SSSR count). The maximum atomic E-state index is 12.3. The number of rotatable bonds is 9. The van der Waals surface area contributed by atoms with Crippen molar-refractivity contribution in [2.45, 2.75) is 11.8 Å². The molecule has 2 N–H and O–H groups in total. The Morgan fingerprint density at radius 2 is 1.96 bits per heavy atom. The minimum absolute atomic E-state index is 0.0617. The van der Waals surface area contributed by atoms with Crippen molar-refractivity contribution in [3.63, 3.8) is 0 Å². The van der Waals surface area contributed by atoms with Crippen LogP contribution in [0.25, 0.3) is 0 Å². The number of aryl methyl sites for hydroxylation is 1. The van der Waals surface area contributed by atoms with E-state index in [-0.39, 0.29) is 24.9 Å². The average molecular weight is 374 g/mol. The van der Waals surface area contributed by atoms with Gasteiger partial charge in [-0.25, -0.2) is 0 Å². The molecule has 0 radical (unpaired) electrons. The third-order valence-corrected chi connectivity index (χ3v) is 4.31. The van der Waals surface area contributed by atoms with Crippen LogP contribution in [0.5, 0.6) is 0 Å². The Balaban J connectivity index is 1.83. The summed E-state index contributed by atoms with van der Waals surface area (Å²) in [7, 11) is 1.70. The number of benzene rings is 1. The first kappa shape index (κ1) is 19.7. The number of likely N-dealkylation sites (N-methyl/N-ethyl adjacent to an activating group) is 1. The first-order valence-corrected chi connectivity index (χ1v) is 9.00. The van der Waals surface area contributed by atoms with Gasteiger partial charge in [-0.3, -0.25) is 14.5 Å². The maximum Gasteiger partial charge on any atom is 0.239 e. The van der Waals surface area contributed by atoms with Gasteiger partial charge in [-0.1, -0.05) is 23.4 Å². The molecule has 0 saturated carbocycles. The summed E-state index contributed by atoms with van der Waals surface area (Å²) in [5.74, 6) is 1.27. The van der Waals surface area contributed by atoms with Gasteiger partial charge in [-0.2, -0.15) is 0 Å². The van der Waals surface area contributed by atoms with Crippen LogP contribution in [0.2, 0.25) is 0 Å². The van der Waals surface area contributed by atoms with Crippen LogP contribution in [0.4, 0.5) is 11.5 Å². The molecule has 0 bridgehead atoms. The van der Waals surface area contributed by atoms with Crippen molar-refractivity contribution in [1.82, 2.24) is 10.1 Å². The van der Waals surface area contributed by atoms with Crippen LogP contribution in [-0.2, 0) is 9.59 Å². The number of hydrogen-bond acceptors (Lipinski definition) is 6. The van der Waals surface area contributed by atoms with E-state index >= 15 is 0 Å². The van der Waals surface area contributed by atoms with Gasteiger partial charge in [0.2, 0.25) is 11.8 Å². The van der Waals surface area contributed by atoms with Crippen LogP contribution in [0.1, 0.15) is 5.76 Å². The van der Waals surface area contributed by atoms with E-state index in [4.69, 9.17) is 4.52 Å². The van der Waals surface area contributed by atoms with Crippen LogP contribution < -0.4 is 10.6 Å². The zero-order valence-electron chi connectivity index (χ0n) is 14.8. The highest BCUT2D eigenvalue weighted by Crippen LogP contribution is 2.26. The number of para-hydroxylation sites is 1. The smallest absolute Gasteiger partial charge is 0.239 e. The highest BCUT2D eigenvalue weighted by Gasteiger charge is 2.13. The summed E-state index contributed by atoms with van der Waals surface area (Å²) in [5.41, 5.74) is 0.750. The SMILES string of the molecule is C=CCSc1ccccc1NC(=O)CN(C)CC(=O)Nc1cc(C)on1. The summed E-state index contributed by atoms with van der Waals surface area (Å²) in [5, 5.41) is 9.20. The van der Waals surface area contributed by atoms with Gasteiger partial charge in [0.25, 0.3) is 0 Å². The van der Waals surface area contributed by atoms with E-state index in [9.17, 15) is 9.59 Å². The predicted octanol–water partition coefficient (Wildman–Crippen LogP) is 2.77. The van der Waals surface area contributed by atoms with E-state index in [0.29, 0.717) is 11.6 Å². The number of anilines is 2. The Morgan fingerprint density at radius 1 is 1.27 bits per heavy atom. The van der Waals surface area contributed by atoms with E-state index in [2.05, 4.69) is 22.4 Å². The minimum Gasteiger partial charge on any atom is -0.360 e. The molecule has 0 unspecified atom stereocenters. The molecular weight excluding hydrogens is 352 g/mol. The number of thioether (sulfide) groups is 1. The lowest BCUT2D eigenvalue weighted by Gasteiger charge is -2.16. The fraction of sp³-hybridized carbons (Fsp3) is 0.278. The molecule has 1 aromatic heterocycles. The minimum atomic E-state index is -0.268. The second-order valence-corrected chi connectivity index (χ2v) is 6.75. The van der Waals surface area contributed by atoms with Gasteiger partial charge in [-0.05, 0) is 26.1 Å². The van der Waals surface area contributed by atoms with Gasteiger partial charge in [0, 0.05) is 16.7 Å². The first-order valence-electron chi connectivity index (χ1n) is 8.02. The van der Waals surface area contributed by atoms with Gasteiger partial charge < -0.3 is 15.2 Å². The van der Waals surface area contributed by atoms with E-state index in [1.807, 2.05) is 30.3 Å². The number of carbonyl (C=O) groups is 2. The molecule has 2 aromatic rings. The fourth-order valence-electron chi connectivity index (χ4n) is 2.19. The summed E-state index contributed by atoms with van der Waals surface area (Å²) >= 11 is 1.60. The lowest BCUT2D eigenvalue weighted by atomic mass is 10.3. The number of nitrogens with zero attached hydrogens (tertiary/aromatic N) is 2. The highest BCUT2D eigenvalue weighted by atomic mass is 32.2. The summed E-state index contributed by atoms with van der Waals surface area (Å²) in [6, 6.07) is 9.21. The van der Waals surface area contributed by atoms with E-state index in [0.717, 1.165) is 16.3 Å². The maximum absolute atomic E-state index is 12.3. The summed E-state index contributed by atoms with van der Waals surface area (Å²) in [6.45, 7) is 5.59. The molecule has 0 atom stereocenters. The van der Waals surface area contributed by atoms with Crippen molar-refractivity contribution >= 4 is 35.1 Å². The number of nitrogens with one attached hydrogen (secondary N) is 2. The first-order chi connectivity index (χ1) is 12.5. The molecule has 2 amide bonds. The quantitative estimate of drug-likeness (QED) is 0.518.